The van der Waals surface area contributed by atoms with Gasteiger partial charge in [0.15, 0.2) is 0 Å². The maximum atomic E-state index is 12.3. The third-order valence-corrected chi connectivity index (χ3v) is 5.04. The van der Waals surface area contributed by atoms with Crippen LogP contribution >= 0.6 is 0 Å². The van der Waals surface area contributed by atoms with E-state index in [1.54, 1.807) is 4.90 Å². The minimum atomic E-state index is -0.594. The van der Waals surface area contributed by atoms with Crippen LogP contribution < -0.4 is 5.32 Å². The summed E-state index contributed by atoms with van der Waals surface area (Å²) in [5.74, 6) is -0.0876. The van der Waals surface area contributed by atoms with Crippen molar-refractivity contribution in [3.05, 3.63) is 0 Å². The molecule has 2 aliphatic heterocycles. The average Bonchev–Trinajstić information content (AvgIpc) is 2.80. The number of urea groups is 1. The lowest BCUT2D eigenvalue weighted by Gasteiger charge is -2.35. The Hall–Kier alpha value is -1.10. The zero-order chi connectivity index (χ0) is 14.2. The van der Waals surface area contributed by atoms with Gasteiger partial charge < -0.3 is 9.64 Å². The number of rotatable bonds is 2. The van der Waals surface area contributed by atoms with Crippen molar-refractivity contribution >= 4 is 11.9 Å². The predicted molar refractivity (Wildman–Crippen MR) is 74.2 cm³/mol. The number of hydrogen-bond acceptors (Lipinski definition) is 3. The standard InChI is InChI=1S/C15H24N2O3/c1-11-6-7-12(20-11)10-17-14(19)16-13(18)15(17)8-4-2-3-5-9-15/h11-12H,2-10H2,1H3,(H,16,18,19). The minimum absolute atomic E-state index is 0.0850. The molecule has 2 unspecified atom stereocenters. The van der Waals surface area contributed by atoms with Crippen molar-refractivity contribution in [1.29, 1.82) is 0 Å². The van der Waals surface area contributed by atoms with Gasteiger partial charge in [0, 0.05) is 6.54 Å². The summed E-state index contributed by atoms with van der Waals surface area (Å²) >= 11 is 0. The fourth-order valence-corrected chi connectivity index (χ4v) is 3.89. The van der Waals surface area contributed by atoms with Crippen molar-refractivity contribution < 1.29 is 14.3 Å². The Bertz CT molecular complexity index is 402. The van der Waals surface area contributed by atoms with E-state index in [1.165, 1.54) is 0 Å². The molecule has 5 heteroatoms. The number of hydrogen-bond donors (Lipinski definition) is 1. The molecule has 3 fully saturated rings. The molecule has 0 aromatic rings. The van der Waals surface area contributed by atoms with Crippen molar-refractivity contribution in [1.82, 2.24) is 10.2 Å². The number of ether oxygens (including phenoxy) is 1. The molecule has 20 heavy (non-hydrogen) atoms. The maximum absolute atomic E-state index is 12.3. The number of carbonyl (C=O) groups is 2. The van der Waals surface area contributed by atoms with Crippen LogP contribution in [-0.4, -0.2) is 41.1 Å². The first-order chi connectivity index (χ1) is 9.62. The molecule has 2 atom stereocenters. The molecule has 1 spiro atoms. The third-order valence-electron chi connectivity index (χ3n) is 5.04. The predicted octanol–water partition coefficient (Wildman–Crippen LogP) is 2.20. The second kappa shape index (κ2) is 5.35. The van der Waals surface area contributed by atoms with Crippen LogP contribution in [0.4, 0.5) is 4.79 Å². The number of nitrogens with zero attached hydrogens (tertiary/aromatic N) is 1. The van der Waals surface area contributed by atoms with Gasteiger partial charge in [-0.15, -0.1) is 0 Å². The molecule has 3 amide bonds. The molecule has 1 saturated carbocycles. The Morgan fingerprint density at radius 3 is 2.50 bits per heavy atom. The first-order valence-corrected chi connectivity index (χ1v) is 7.90. The molecule has 0 aromatic carbocycles. The smallest absolute Gasteiger partial charge is 0.325 e. The van der Waals surface area contributed by atoms with E-state index < -0.39 is 5.54 Å². The molecule has 1 N–H and O–H groups in total. The first kappa shape index (κ1) is 13.9. The fourth-order valence-electron chi connectivity index (χ4n) is 3.89. The zero-order valence-corrected chi connectivity index (χ0v) is 12.2. The van der Waals surface area contributed by atoms with E-state index in [-0.39, 0.29) is 24.1 Å². The summed E-state index contributed by atoms with van der Waals surface area (Å²) in [5, 5.41) is 2.53. The van der Waals surface area contributed by atoms with Crippen molar-refractivity contribution in [3.8, 4) is 0 Å². The van der Waals surface area contributed by atoms with Crippen LogP contribution in [0.25, 0.3) is 0 Å². The Kier molecular flexibility index (Phi) is 3.71. The number of amides is 3. The molecule has 0 aromatic heterocycles. The van der Waals surface area contributed by atoms with E-state index in [0.29, 0.717) is 6.54 Å². The van der Waals surface area contributed by atoms with E-state index in [2.05, 4.69) is 12.2 Å². The summed E-state index contributed by atoms with van der Waals surface area (Å²) in [4.78, 5) is 26.3. The van der Waals surface area contributed by atoms with Crippen molar-refractivity contribution in [3.63, 3.8) is 0 Å². The normalized spacial score (nSPS) is 33.5. The summed E-state index contributed by atoms with van der Waals surface area (Å²) in [6.45, 7) is 2.62. The lowest BCUT2D eigenvalue weighted by molar-refractivity contribution is -0.127. The largest absolute Gasteiger partial charge is 0.373 e. The lowest BCUT2D eigenvalue weighted by atomic mass is 9.88. The Morgan fingerprint density at radius 2 is 1.90 bits per heavy atom. The van der Waals surface area contributed by atoms with Gasteiger partial charge in [-0.3, -0.25) is 10.1 Å². The maximum Gasteiger partial charge on any atom is 0.325 e. The molecule has 3 aliphatic rings. The van der Waals surface area contributed by atoms with Crippen LogP contribution in [0.3, 0.4) is 0 Å². The summed E-state index contributed by atoms with van der Waals surface area (Å²) in [5.41, 5.74) is -0.594. The van der Waals surface area contributed by atoms with Crippen LogP contribution in [0.15, 0.2) is 0 Å². The van der Waals surface area contributed by atoms with Crippen LogP contribution in [-0.2, 0) is 9.53 Å². The van der Waals surface area contributed by atoms with E-state index in [0.717, 1.165) is 51.4 Å². The summed E-state index contributed by atoms with van der Waals surface area (Å²) in [6, 6.07) is -0.222. The monoisotopic (exact) mass is 280 g/mol. The molecular formula is C15H24N2O3. The number of nitrogens with one attached hydrogen (secondary N) is 1. The zero-order valence-electron chi connectivity index (χ0n) is 12.2. The average molecular weight is 280 g/mol. The molecule has 2 heterocycles. The summed E-state index contributed by atoms with van der Waals surface area (Å²) in [7, 11) is 0. The summed E-state index contributed by atoms with van der Waals surface area (Å²) < 4.78 is 5.84. The Labute approximate surface area is 120 Å². The van der Waals surface area contributed by atoms with Crippen LogP contribution in [0, 0.1) is 0 Å². The minimum Gasteiger partial charge on any atom is -0.373 e. The highest BCUT2D eigenvalue weighted by Crippen LogP contribution is 2.37. The van der Waals surface area contributed by atoms with Crippen molar-refractivity contribution in [2.75, 3.05) is 6.54 Å². The molecule has 112 valence electrons. The van der Waals surface area contributed by atoms with Gasteiger partial charge in [0.05, 0.1) is 12.2 Å². The highest BCUT2D eigenvalue weighted by molar-refractivity contribution is 6.07. The van der Waals surface area contributed by atoms with Gasteiger partial charge in [0.1, 0.15) is 5.54 Å². The number of carbonyl (C=O) groups excluding carboxylic acids is 2. The van der Waals surface area contributed by atoms with Gasteiger partial charge in [-0.1, -0.05) is 25.7 Å². The quantitative estimate of drug-likeness (QED) is 0.789. The summed E-state index contributed by atoms with van der Waals surface area (Å²) in [6.07, 6.45) is 8.35. The lowest BCUT2D eigenvalue weighted by Crippen LogP contribution is -2.51. The van der Waals surface area contributed by atoms with Gasteiger partial charge in [0.25, 0.3) is 5.91 Å². The van der Waals surface area contributed by atoms with Crippen LogP contribution in [0.2, 0.25) is 0 Å². The second-order valence-electron chi connectivity index (χ2n) is 6.46. The molecule has 0 radical (unpaired) electrons. The van der Waals surface area contributed by atoms with E-state index >= 15 is 0 Å². The Balaban J connectivity index is 1.78. The van der Waals surface area contributed by atoms with E-state index in [1.807, 2.05) is 0 Å². The first-order valence-electron chi connectivity index (χ1n) is 7.90. The third kappa shape index (κ3) is 2.32. The van der Waals surface area contributed by atoms with Crippen molar-refractivity contribution in [2.45, 2.75) is 76.0 Å². The Morgan fingerprint density at radius 1 is 1.20 bits per heavy atom. The van der Waals surface area contributed by atoms with Gasteiger partial charge in [0.2, 0.25) is 0 Å². The number of imide groups is 1. The van der Waals surface area contributed by atoms with Crippen LogP contribution in [0.5, 0.6) is 0 Å². The van der Waals surface area contributed by atoms with E-state index in [4.69, 9.17) is 4.74 Å². The SMILES string of the molecule is CC1CCC(CN2C(=O)NC(=O)C23CCCCCC3)O1. The second-order valence-corrected chi connectivity index (χ2v) is 6.46. The topological polar surface area (TPSA) is 58.6 Å². The highest BCUT2D eigenvalue weighted by atomic mass is 16.5. The molecular weight excluding hydrogens is 256 g/mol. The van der Waals surface area contributed by atoms with Gasteiger partial charge in [-0.2, -0.15) is 0 Å². The molecule has 2 saturated heterocycles. The highest BCUT2D eigenvalue weighted by Gasteiger charge is 2.52. The van der Waals surface area contributed by atoms with E-state index in [9.17, 15) is 9.59 Å². The van der Waals surface area contributed by atoms with Crippen LogP contribution in [0.1, 0.15) is 58.3 Å². The van der Waals surface area contributed by atoms with Gasteiger partial charge in [-0.25, -0.2) is 4.79 Å². The van der Waals surface area contributed by atoms with Crippen molar-refractivity contribution in [2.24, 2.45) is 0 Å². The van der Waals surface area contributed by atoms with Gasteiger partial charge >= 0.3 is 6.03 Å². The fraction of sp³-hybridized carbons (Fsp3) is 0.867. The molecule has 1 aliphatic carbocycles. The molecule has 5 nitrogen and oxygen atoms in total. The van der Waals surface area contributed by atoms with Gasteiger partial charge in [-0.05, 0) is 32.6 Å². The molecule has 0 bridgehead atoms. The molecule has 3 rings (SSSR count).